The van der Waals surface area contributed by atoms with Crippen molar-refractivity contribution >= 4 is 23.7 Å². The largest absolute Gasteiger partial charge is 0.467 e. The number of ether oxygens (including phenoxy) is 1. The molecule has 3 amide bonds. The Morgan fingerprint density at radius 3 is 2.07 bits per heavy atom. The van der Waals surface area contributed by atoms with Crippen molar-refractivity contribution in [3.8, 4) is 0 Å². The third kappa shape index (κ3) is 3.72. The van der Waals surface area contributed by atoms with Gasteiger partial charge in [-0.1, -0.05) is 42.5 Å². The number of fused-ring (bicyclic) bond motifs is 1. The number of hydrogen-bond acceptors (Lipinski definition) is 5. The van der Waals surface area contributed by atoms with Crippen LogP contribution in [0.4, 0.5) is 0 Å². The van der Waals surface area contributed by atoms with Crippen molar-refractivity contribution in [1.29, 1.82) is 0 Å². The van der Waals surface area contributed by atoms with E-state index in [0.29, 0.717) is 16.7 Å². The molecule has 1 atom stereocenters. The lowest BCUT2D eigenvalue weighted by molar-refractivity contribution is -0.145. The Morgan fingerprint density at radius 1 is 0.963 bits per heavy atom. The van der Waals surface area contributed by atoms with Gasteiger partial charge in [0.15, 0.2) is 6.04 Å². The number of carbonyl (C=O) groups is 4. The maximum Gasteiger partial charge on any atom is 0.333 e. The maximum atomic E-state index is 12.3. The molecule has 0 spiro atoms. The van der Waals surface area contributed by atoms with Crippen LogP contribution in [0.3, 0.4) is 0 Å². The molecule has 138 valence electrons. The predicted molar refractivity (Wildman–Crippen MR) is 95.8 cm³/mol. The van der Waals surface area contributed by atoms with Crippen molar-refractivity contribution < 1.29 is 23.9 Å². The molecule has 0 saturated heterocycles. The van der Waals surface area contributed by atoms with E-state index >= 15 is 0 Å². The molecule has 0 aliphatic carbocycles. The fraction of sp³-hybridized carbons (Fsp3) is 0.200. The third-order valence-electron chi connectivity index (χ3n) is 4.32. The highest BCUT2D eigenvalue weighted by molar-refractivity contribution is 6.21. The maximum absolute atomic E-state index is 12.3. The number of amides is 3. The van der Waals surface area contributed by atoms with Crippen molar-refractivity contribution in [3.05, 3.63) is 71.3 Å². The van der Waals surface area contributed by atoms with Crippen LogP contribution in [0.2, 0.25) is 0 Å². The minimum Gasteiger partial charge on any atom is -0.467 e. The first-order chi connectivity index (χ1) is 13.0. The molecule has 0 saturated carbocycles. The Balaban J connectivity index is 1.65. The van der Waals surface area contributed by atoms with E-state index in [4.69, 9.17) is 4.74 Å². The Labute approximate surface area is 155 Å². The molecule has 0 aromatic heterocycles. The predicted octanol–water partition coefficient (Wildman–Crippen LogP) is 1.70. The molecular formula is C20H18N2O5. The van der Waals surface area contributed by atoms with E-state index in [1.165, 1.54) is 7.11 Å². The summed E-state index contributed by atoms with van der Waals surface area (Å²) in [5, 5.41) is 2.60. The van der Waals surface area contributed by atoms with Gasteiger partial charge in [0.05, 0.1) is 18.2 Å². The summed E-state index contributed by atoms with van der Waals surface area (Å²) in [4.78, 5) is 50.0. The van der Waals surface area contributed by atoms with Gasteiger partial charge in [0, 0.05) is 13.0 Å². The van der Waals surface area contributed by atoms with Crippen molar-refractivity contribution in [2.24, 2.45) is 0 Å². The van der Waals surface area contributed by atoms with Crippen molar-refractivity contribution in [1.82, 2.24) is 10.2 Å². The van der Waals surface area contributed by atoms with Crippen LogP contribution in [0.5, 0.6) is 0 Å². The second-order valence-corrected chi connectivity index (χ2v) is 5.99. The number of methoxy groups -OCH3 is 1. The van der Waals surface area contributed by atoms with E-state index in [2.05, 4.69) is 5.32 Å². The molecule has 0 fully saturated rings. The summed E-state index contributed by atoms with van der Waals surface area (Å²) in [6, 6.07) is 14.3. The standard InChI is InChI=1S/C20H18N2O5/c1-27-20(26)17(13-7-3-2-4-8-13)21-16(23)11-12-22-18(24)14-9-5-6-10-15(14)19(22)25/h2-10,17H,11-12H2,1H3,(H,21,23). The van der Waals surface area contributed by atoms with Gasteiger partial charge in [0.1, 0.15) is 0 Å². The molecule has 1 N–H and O–H groups in total. The second-order valence-electron chi connectivity index (χ2n) is 5.99. The number of nitrogens with zero attached hydrogens (tertiary/aromatic N) is 1. The molecule has 2 aromatic carbocycles. The summed E-state index contributed by atoms with van der Waals surface area (Å²) in [6.07, 6.45) is -0.119. The van der Waals surface area contributed by atoms with E-state index in [9.17, 15) is 19.2 Å². The smallest absolute Gasteiger partial charge is 0.333 e. The molecule has 1 aliphatic heterocycles. The number of benzene rings is 2. The average molecular weight is 366 g/mol. The Morgan fingerprint density at radius 2 is 1.52 bits per heavy atom. The second kappa shape index (κ2) is 7.82. The minimum atomic E-state index is -0.953. The van der Waals surface area contributed by atoms with Crippen LogP contribution in [-0.4, -0.2) is 42.2 Å². The molecule has 2 aromatic rings. The van der Waals surface area contributed by atoms with Gasteiger partial charge in [-0.05, 0) is 17.7 Å². The normalized spacial score (nSPS) is 13.9. The highest BCUT2D eigenvalue weighted by Gasteiger charge is 2.35. The minimum absolute atomic E-state index is 0.0686. The zero-order valence-corrected chi connectivity index (χ0v) is 14.7. The number of carbonyl (C=O) groups excluding carboxylic acids is 4. The number of rotatable bonds is 6. The van der Waals surface area contributed by atoms with E-state index in [0.717, 1.165) is 4.90 Å². The lowest BCUT2D eigenvalue weighted by Gasteiger charge is -2.18. The summed E-state index contributed by atoms with van der Waals surface area (Å²) in [5.74, 6) is -1.91. The third-order valence-corrected chi connectivity index (χ3v) is 4.32. The highest BCUT2D eigenvalue weighted by atomic mass is 16.5. The van der Waals surface area contributed by atoms with Crippen LogP contribution in [0.15, 0.2) is 54.6 Å². The van der Waals surface area contributed by atoms with Crippen molar-refractivity contribution in [2.45, 2.75) is 12.5 Å². The number of nitrogens with one attached hydrogen (secondary N) is 1. The molecule has 3 rings (SSSR count). The zero-order valence-electron chi connectivity index (χ0n) is 14.7. The van der Waals surface area contributed by atoms with E-state index < -0.39 is 29.7 Å². The van der Waals surface area contributed by atoms with Gasteiger partial charge in [-0.15, -0.1) is 0 Å². The lowest BCUT2D eigenvalue weighted by Crippen LogP contribution is -2.38. The number of imide groups is 1. The fourth-order valence-electron chi connectivity index (χ4n) is 2.93. The lowest BCUT2D eigenvalue weighted by atomic mass is 10.1. The summed E-state index contributed by atoms with van der Waals surface area (Å²) in [7, 11) is 1.24. The monoisotopic (exact) mass is 366 g/mol. The molecule has 1 aliphatic rings. The number of esters is 1. The topological polar surface area (TPSA) is 92.8 Å². The van der Waals surface area contributed by atoms with E-state index in [1.54, 1.807) is 54.6 Å². The molecule has 0 radical (unpaired) electrons. The quantitative estimate of drug-likeness (QED) is 0.620. The van der Waals surface area contributed by atoms with Crippen LogP contribution in [0.25, 0.3) is 0 Å². The SMILES string of the molecule is COC(=O)C(NC(=O)CCN1C(=O)c2ccccc2C1=O)c1ccccc1. The molecule has 1 unspecified atom stereocenters. The number of hydrogen-bond donors (Lipinski definition) is 1. The van der Waals surface area contributed by atoms with Gasteiger partial charge in [-0.2, -0.15) is 0 Å². The first-order valence-corrected chi connectivity index (χ1v) is 8.40. The Bertz CT molecular complexity index is 859. The molecule has 27 heavy (non-hydrogen) atoms. The molecule has 7 heteroatoms. The van der Waals surface area contributed by atoms with Gasteiger partial charge >= 0.3 is 5.97 Å². The fourth-order valence-corrected chi connectivity index (χ4v) is 2.93. The molecule has 0 bridgehead atoms. The van der Waals surface area contributed by atoms with Crippen LogP contribution < -0.4 is 5.32 Å². The molecule has 1 heterocycles. The van der Waals surface area contributed by atoms with E-state index in [1.807, 2.05) is 0 Å². The van der Waals surface area contributed by atoms with Gasteiger partial charge in [0.25, 0.3) is 11.8 Å². The highest BCUT2D eigenvalue weighted by Crippen LogP contribution is 2.22. The van der Waals surface area contributed by atoms with Crippen LogP contribution in [0, 0.1) is 0 Å². The zero-order chi connectivity index (χ0) is 19.4. The van der Waals surface area contributed by atoms with Gasteiger partial charge in [-0.3, -0.25) is 19.3 Å². The first-order valence-electron chi connectivity index (χ1n) is 8.40. The van der Waals surface area contributed by atoms with Crippen LogP contribution in [-0.2, 0) is 14.3 Å². The average Bonchev–Trinajstić information content (AvgIpc) is 2.95. The Hall–Kier alpha value is -3.48. The Kier molecular flexibility index (Phi) is 5.30. The van der Waals surface area contributed by atoms with Gasteiger partial charge < -0.3 is 10.1 Å². The summed E-state index contributed by atoms with van der Waals surface area (Å²) in [5.41, 5.74) is 1.25. The summed E-state index contributed by atoms with van der Waals surface area (Å²) in [6.45, 7) is -0.0686. The van der Waals surface area contributed by atoms with Crippen molar-refractivity contribution in [2.75, 3.05) is 13.7 Å². The molecular weight excluding hydrogens is 348 g/mol. The van der Waals surface area contributed by atoms with Crippen LogP contribution in [0.1, 0.15) is 38.7 Å². The van der Waals surface area contributed by atoms with E-state index in [-0.39, 0.29) is 13.0 Å². The summed E-state index contributed by atoms with van der Waals surface area (Å²) < 4.78 is 4.75. The molecule has 7 nitrogen and oxygen atoms in total. The van der Waals surface area contributed by atoms with Gasteiger partial charge in [-0.25, -0.2) is 4.79 Å². The summed E-state index contributed by atoms with van der Waals surface area (Å²) >= 11 is 0. The first kappa shape index (κ1) is 18.3. The van der Waals surface area contributed by atoms with Crippen LogP contribution >= 0.6 is 0 Å². The van der Waals surface area contributed by atoms with Gasteiger partial charge in [0.2, 0.25) is 5.91 Å². The van der Waals surface area contributed by atoms with Crippen molar-refractivity contribution in [3.63, 3.8) is 0 Å².